The number of rotatable bonds is 0. The third-order valence-corrected chi connectivity index (χ3v) is 6.50. The Balaban J connectivity index is 2.12. The van der Waals surface area contributed by atoms with Gasteiger partial charge in [0.1, 0.15) is 11.6 Å². The van der Waals surface area contributed by atoms with E-state index in [4.69, 9.17) is 11.6 Å². The first-order valence-corrected chi connectivity index (χ1v) is 10.1. The van der Waals surface area contributed by atoms with E-state index in [9.17, 15) is 9.50 Å². The van der Waals surface area contributed by atoms with E-state index in [2.05, 4.69) is 66.0 Å². The quantitative estimate of drug-likeness (QED) is 0.227. The predicted molar refractivity (Wildman–Crippen MR) is 119 cm³/mol. The van der Waals surface area contributed by atoms with Crippen LogP contribution in [0.5, 0.6) is 5.75 Å². The summed E-state index contributed by atoms with van der Waals surface area (Å²) in [7, 11) is 0. The van der Waals surface area contributed by atoms with Crippen molar-refractivity contribution in [1.29, 1.82) is 0 Å². The summed E-state index contributed by atoms with van der Waals surface area (Å²) in [6.45, 7) is 6.52. The first-order valence-electron chi connectivity index (χ1n) is 8.68. The molecule has 0 atom stereocenters. The highest BCUT2D eigenvalue weighted by Gasteiger charge is 2.24. The number of halogens is 3. The third kappa shape index (κ3) is 2.23. The van der Waals surface area contributed by atoms with Gasteiger partial charge in [-0.15, -0.1) is 0 Å². The minimum absolute atomic E-state index is 0.00252. The smallest absolute Gasteiger partial charge is 0.142 e. The molecule has 0 radical (unpaired) electrons. The summed E-state index contributed by atoms with van der Waals surface area (Å²) in [5.41, 5.74) is 3.94. The summed E-state index contributed by atoms with van der Waals surface area (Å²) in [5, 5.41) is 14.5. The van der Waals surface area contributed by atoms with Crippen molar-refractivity contribution in [3.05, 3.63) is 56.4 Å². The van der Waals surface area contributed by atoms with E-state index in [1.54, 1.807) is 6.07 Å². The standard InChI is InChI=1S/C22H16ClFINO/c1-22(2,3)10-4-5-17-13(6-10)19-20-12(8-16(25)21(19)27)11-7-15(24)14(23)9-18(11)26(17)20/h4-9,27H,1-3H3. The van der Waals surface area contributed by atoms with Crippen LogP contribution in [0.3, 0.4) is 0 Å². The van der Waals surface area contributed by atoms with Crippen LogP contribution in [0, 0.1) is 9.39 Å². The van der Waals surface area contributed by atoms with Gasteiger partial charge in [0.25, 0.3) is 0 Å². The molecule has 2 aromatic heterocycles. The lowest BCUT2D eigenvalue weighted by atomic mass is 9.86. The molecule has 5 rings (SSSR count). The number of hydrogen-bond acceptors (Lipinski definition) is 1. The molecule has 2 nitrogen and oxygen atoms in total. The molecule has 136 valence electrons. The van der Waals surface area contributed by atoms with Gasteiger partial charge in [-0.3, -0.25) is 0 Å². The van der Waals surface area contributed by atoms with E-state index in [0.29, 0.717) is 0 Å². The van der Waals surface area contributed by atoms with E-state index in [1.165, 1.54) is 11.6 Å². The van der Waals surface area contributed by atoms with Crippen LogP contribution < -0.4 is 0 Å². The van der Waals surface area contributed by atoms with E-state index in [0.717, 1.165) is 41.7 Å². The van der Waals surface area contributed by atoms with Crippen LogP contribution in [-0.2, 0) is 5.41 Å². The topological polar surface area (TPSA) is 24.6 Å². The number of aromatic hydroxyl groups is 1. The van der Waals surface area contributed by atoms with Crippen molar-refractivity contribution < 1.29 is 9.50 Å². The van der Waals surface area contributed by atoms with Crippen molar-refractivity contribution in [2.75, 3.05) is 0 Å². The molecule has 1 N–H and O–H groups in total. The molecule has 0 unspecified atom stereocenters. The second-order valence-electron chi connectivity index (χ2n) is 8.08. The minimum Gasteiger partial charge on any atom is -0.506 e. The van der Waals surface area contributed by atoms with Gasteiger partial charge in [0, 0.05) is 16.2 Å². The average molecular weight is 492 g/mol. The fraction of sp³-hybridized carbons (Fsp3) is 0.182. The Hall–Kier alpha value is -1.79. The van der Waals surface area contributed by atoms with Gasteiger partial charge in [-0.2, -0.15) is 0 Å². The summed E-state index contributed by atoms with van der Waals surface area (Å²) in [6.07, 6.45) is 0. The summed E-state index contributed by atoms with van der Waals surface area (Å²) < 4.78 is 17.0. The first-order chi connectivity index (χ1) is 12.7. The highest BCUT2D eigenvalue weighted by atomic mass is 127. The highest BCUT2D eigenvalue weighted by molar-refractivity contribution is 14.1. The average Bonchev–Trinajstić information content (AvgIpc) is 3.08. The monoisotopic (exact) mass is 491 g/mol. The number of aromatic nitrogens is 1. The van der Waals surface area contributed by atoms with Crippen molar-refractivity contribution in [3.8, 4) is 5.75 Å². The van der Waals surface area contributed by atoms with Gasteiger partial charge in [0.15, 0.2) is 0 Å². The van der Waals surface area contributed by atoms with Gasteiger partial charge in [-0.1, -0.05) is 38.4 Å². The van der Waals surface area contributed by atoms with Crippen LogP contribution in [0.25, 0.3) is 38.1 Å². The molecule has 0 spiro atoms. The normalized spacial score (nSPS) is 13.0. The third-order valence-electron chi connectivity index (χ3n) is 5.39. The molecule has 0 saturated carbocycles. The summed E-state index contributed by atoms with van der Waals surface area (Å²) in [6, 6.07) is 11.4. The molecule has 5 heteroatoms. The van der Waals surface area contributed by atoms with Crippen LogP contribution in [0.15, 0.2) is 36.4 Å². The Morgan fingerprint density at radius 1 is 1.00 bits per heavy atom. The molecular weight excluding hydrogens is 476 g/mol. The zero-order valence-corrected chi connectivity index (χ0v) is 17.9. The molecule has 0 amide bonds. The Labute approximate surface area is 174 Å². The molecule has 0 fully saturated rings. The van der Waals surface area contributed by atoms with Gasteiger partial charge in [0.05, 0.1) is 30.5 Å². The summed E-state index contributed by atoms with van der Waals surface area (Å²) in [5.74, 6) is -0.166. The number of hydrogen-bond donors (Lipinski definition) is 1. The fourth-order valence-corrected chi connectivity index (χ4v) is 4.77. The molecule has 2 heterocycles. The van der Waals surface area contributed by atoms with Crippen LogP contribution in [0.4, 0.5) is 4.39 Å². The van der Waals surface area contributed by atoms with Gasteiger partial charge in [-0.25, -0.2) is 4.39 Å². The van der Waals surface area contributed by atoms with E-state index in [-0.39, 0.29) is 16.2 Å². The van der Waals surface area contributed by atoms with Gasteiger partial charge < -0.3 is 9.51 Å². The SMILES string of the molecule is CC(C)(C)c1ccc2c(c1)c1c(O)c(I)cc3c4cc(F)c(Cl)cc4n2c31. The largest absolute Gasteiger partial charge is 0.506 e. The maximum absolute atomic E-state index is 14.2. The minimum atomic E-state index is -0.434. The van der Waals surface area contributed by atoms with Crippen molar-refractivity contribution in [2.24, 2.45) is 0 Å². The van der Waals surface area contributed by atoms with Crippen LogP contribution in [0.1, 0.15) is 26.3 Å². The molecule has 27 heavy (non-hydrogen) atoms. The Bertz CT molecular complexity index is 1400. The molecule has 5 aromatic rings. The maximum atomic E-state index is 14.2. The lowest BCUT2D eigenvalue weighted by molar-refractivity contribution is 0.478. The number of phenols is 1. The summed E-state index contributed by atoms with van der Waals surface area (Å²) in [4.78, 5) is 0. The van der Waals surface area contributed by atoms with E-state index >= 15 is 0 Å². The predicted octanol–water partition coefficient (Wildman–Crippen LogP) is 7.24. The zero-order chi connectivity index (χ0) is 19.2. The van der Waals surface area contributed by atoms with E-state index in [1.807, 2.05) is 6.07 Å². The van der Waals surface area contributed by atoms with Crippen LogP contribution >= 0.6 is 34.2 Å². The Morgan fingerprint density at radius 3 is 2.44 bits per heavy atom. The Morgan fingerprint density at radius 2 is 1.74 bits per heavy atom. The molecule has 0 saturated heterocycles. The second kappa shape index (κ2) is 5.39. The molecule has 0 aliphatic carbocycles. The number of nitrogens with zero attached hydrogens (tertiary/aromatic N) is 1. The Kier molecular flexibility index (Phi) is 3.45. The maximum Gasteiger partial charge on any atom is 0.142 e. The molecule has 3 aromatic carbocycles. The van der Waals surface area contributed by atoms with Crippen molar-refractivity contribution in [3.63, 3.8) is 0 Å². The van der Waals surface area contributed by atoms with Crippen molar-refractivity contribution in [2.45, 2.75) is 26.2 Å². The van der Waals surface area contributed by atoms with Gasteiger partial charge in [0.2, 0.25) is 0 Å². The lowest BCUT2D eigenvalue weighted by Gasteiger charge is -2.19. The molecular formula is C22H16ClFINO. The van der Waals surface area contributed by atoms with Crippen LogP contribution in [-0.4, -0.2) is 9.51 Å². The van der Waals surface area contributed by atoms with Crippen molar-refractivity contribution >= 4 is 72.3 Å². The second-order valence-corrected chi connectivity index (χ2v) is 9.65. The summed E-state index contributed by atoms with van der Waals surface area (Å²) >= 11 is 8.23. The zero-order valence-electron chi connectivity index (χ0n) is 15.0. The molecule has 0 bridgehead atoms. The fourth-order valence-electron chi connectivity index (χ4n) is 4.03. The number of fused-ring (bicyclic) bond motifs is 6. The number of benzene rings is 3. The van der Waals surface area contributed by atoms with E-state index < -0.39 is 5.82 Å². The van der Waals surface area contributed by atoms with Gasteiger partial charge in [-0.05, 0) is 63.9 Å². The van der Waals surface area contributed by atoms with Crippen molar-refractivity contribution in [1.82, 2.24) is 4.40 Å². The molecule has 0 aliphatic rings. The van der Waals surface area contributed by atoms with Crippen LogP contribution in [0.2, 0.25) is 5.02 Å². The first kappa shape index (κ1) is 17.3. The number of phenolic OH excluding ortho intramolecular Hbond substituents is 1. The lowest BCUT2D eigenvalue weighted by Crippen LogP contribution is -2.10. The van der Waals surface area contributed by atoms with Gasteiger partial charge >= 0.3 is 0 Å². The molecule has 0 aliphatic heterocycles. The highest BCUT2D eigenvalue weighted by Crippen LogP contribution is 2.46.